The summed E-state index contributed by atoms with van der Waals surface area (Å²) in [5.41, 5.74) is 7.46. The Labute approximate surface area is 136 Å². The molecule has 0 saturated heterocycles. The van der Waals surface area contributed by atoms with Crippen LogP contribution in [0.4, 0.5) is 4.79 Å². The molecule has 122 valence electrons. The van der Waals surface area contributed by atoms with Gasteiger partial charge in [-0.1, -0.05) is 18.2 Å². The first-order valence-corrected chi connectivity index (χ1v) is 7.50. The molecule has 0 bridgehead atoms. The third kappa shape index (κ3) is 5.71. The van der Waals surface area contributed by atoms with E-state index in [9.17, 15) is 4.79 Å². The van der Waals surface area contributed by atoms with Gasteiger partial charge in [-0.2, -0.15) is 0 Å². The van der Waals surface area contributed by atoms with Crippen molar-refractivity contribution in [1.29, 1.82) is 0 Å². The van der Waals surface area contributed by atoms with Gasteiger partial charge in [-0.25, -0.2) is 4.79 Å². The molecule has 0 spiro atoms. The van der Waals surface area contributed by atoms with E-state index < -0.39 is 11.8 Å². The summed E-state index contributed by atoms with van der Waals surface area (Å²) in [4.78, 5) is 15.9. The van der Waals surface area contributed by atoms with Crippen LogP contribution in [0.3, 0.4) is 0 Å². The van der Waals surface area contributed by atoms with Crippen molar-refractivity contribution in [3.63, 3.8) is 0 Å². The van der Waals surface area contributed by atoms with Crippen molar-refractivity contribution >= 4 is 6.16 Å². The lowest BCUT2D eigenvalue weighted by Gasteiger charge is -2.18. The monoisotopic (exact) mass is 314 g/mol. The van der Waals surface area contributed by atoms with Crippen LogP contribution in [0.15, 0.2) is 48.7 Å². The van der Waals surface area contributed by atoms with Crippen LogP contribution in [-0.2, 0) is 11.2 Å². The first-order valence-electron chi connectivity index (χ1n) is 7.50. The second kappa shape index (κ2) is 7.24. The molecular weight excluding hydrogens is 292 g/mol. The first-order chi connectivity index (χ1) is 10.8. The van der Waals surface area contributed by atoms with Crippen LogP contribution in [-0.4, -0.2) is 16.7 Å². The van der Waals surface area contributed by atoms with E-state index in [2.05, 4.69) is 4.98 Å². The highest BCUT2D eigenvalue weighted by atomic mass is 16.7. The second-order valence-corrected chi connectivity index (χ2v) is 6.28. The number of nitrogens with zero attached hydrogens (tertiary/aromatic N) is 1. The van der Waals surface area contributed by atoms with E-state index in [1.165, 1.54) is 0 Å². The topological polar surface area (TPSA) is 74.4 Å². The van der Waals surface area contributed by atoms with Crippen molar-refractivity contribution < 1.29 is 14.3 Å². The molecule has 2 N–H and O–H groups in total. The molecule has 0 aliphatic rings. The van der Waals surface area contributed by atoms with Gasteiger partial charge in [0, 0.05) is 6.20 Å². The lowest BCUT2D eigenvalue weighted by atomic mass is 10.0. The van der Waals surface area contributed by atoms with Gasteiger partial charge in [-0.05, 0) is 57.0 Å². The van der Waals surface area contributed by atoms with Gasteiger partial charge in [0.15, 0.2) is 0 Å². The molecule has 2 aromatic rings. The Morgan fingerprint density at radius 3 is 2.43 bits per heavy atom. The van der Waals surface area contributed by atoms with Crippen molar-refractivity contribution in [2.75, 3.05) is 0 Å². The molecule has 5 heteroatoms. The zero-order valence-electron chi connectivity index (χ0n) is 13.7. The third-order valence-electron chi connectivity index (χ3n) is 3.04. The average Bonchev–Trinajstić information content (AvgIpc) is 2.48. The number of ether oxygens (including phenoxy) is 2. The van der Waals surface area contributed by atoms with Gasteiger partial charge in [0.1, 0.15) is 11.4 Å². The predicted octanol–water partition coefficient (Wildman–Crippen LogP) is 3.64. The standard InChI is InChI=1S/C18H22N2O3/c1-18(2,3)23-17(21)22-14-9-7-13(8-10-14)12-15(19)16-6-4-5-11-20-16/h4-11,15H,12,19H2,1-3H3. The molecule has 0 aliphatic carbocycles. The number of rotatable bonds is 4. The van der Waals surface area contributed by atoms with Crippen LogP contribution in [0.2, 0.25) is 0 Å². The lowest BCUT2D eigenvalue weighted by Crippen LogP contribution is -2.25. The maximum atomic E-state index is 11.6. The molecule has 1 unspecified atom stereocenters. The van der Waals surface area contributed by atoms with Gasteiger partial charge in [0.2, 0.25) is 0 Å². The number of aromatic nitrogens is 1. The van der Waals surface area contributed by atoms with Gasteiger partial charge < -0.3 is 15.2 Å². The lowest BCUT2D eigenvalue weighted by molar-refractivity contribution is 0.0206. The minimum absolute atomic E-state index is 0.172. The van der Waals surface area contributed by atoms with E-state index in [0.29, 0.717) is 12.2 Å². The minimum atomic E-state index is -0.713. The fraction of sp³-hybridized carbons (Fsp3) is 0.333. The molecule has 0 saturated carbocycles. The van der Waals surface area contributed by atoms with E-state index in [1.54, 1.807) is 39.1 Å². The molecule has 0 radical (unpaired) electrons. The van der Waals surface area contributed by atoms with E-state index in [-0.39, 0.29) is 6.04 Å². The summed E-state index contributed by atoms with van der Waals surface area (Å²) in [6.07, 6.45) is 1.67. The molecule has 1 heterocycles. The van der Waals surface area contributed by atoms with Crippen LogP contribution < -0.4 is 10.5 Å². The molecule has 0 aliphatic heterocycles. The van der Waals surface area contributed by atoms with Gasteiger partial charge in [0.25, 0.3) is 0 Å². The Kier molecular flexibility index (Phi) is 5.34. The highest BCUT2D eigenvalue weighted by molar-refractivity contribution is 5.64. The summed E-state index contributed by atoms with van der Waals surface area (Å²) in [7, 11) is 0. The smallest absolute Gasteiger partial charge is 0.428 e. The maximum Gasteiger partial charge on any atom is 0.514 e. The molecule has 1 aromatic carbocycles. The van der Waals surface area contributed by atoms with Crippen LogP contribution >= 0.6 is 0 Å². The SMILES string of the molecule is CC(C)(C)OC(=O)Oc1ccc(CC(N)c2ccccn2)cc1. The second-order valence-electron chi connectivity index (χ2n) is 6.28. The minimum Gasteiger partial charge on any atom is -0.428 e. The van der Waals surface area contributed by atoms with E-state index in [0.717, 1.165) is 11.3 Å². The number of hydrogen-bond acceptors (Lipinski definition) is 5. The quantitative estimate of drug-likeness (QED) is 0.689. The van der Waals surface area contributed by atoms with E-state index >= 15 is 0 Å². The highest BCUT2D eigenvalue weighted by Crippen LogP contribution is 2.18. The van der Waals surface area contributed by atoms with E-state index in [1.807, 2.05) is 30.3 Å². The Balaban J connectivity index is 1.93. The molecule has 23 heavy (non-hydrogen) atoms. The summed E-state index contributed by atoms with van der Waals surface area (Å²) in [5, 5.41) is 0. The van der Waals surface area contributed by atoms with Crippen LogP contribution in [0.25, 0.3) is 0 Å². The zero-order chi connectivity index (χ0) is 16.9. The van der Waals surface area contributed by atoms with Crippen molar-refractivity contribution in [3.8, 4) is 5.75 Å². The Hall–Kier alpha value is -2.40. The average molecular weight is 314 g/mol. The van der Waals surface area contributed by atoms with Crippen molar-refractivity contribution in [2.45, 2.75) is 38.8 Å². The predicted molar refractivity (Wildman–Crippen MR) is 88.2 cm³/mol. The molecule has 1 aromatic heterocycles. The summed E-state index contributed by atoms with van der Waals surface area (Å²) in [6, 6.07) is 12.7. The number of nitrogens with two attached hydrogens (primary N) is 1. The first kappa shape index (κ1) is 17.0. The van der Waals surface area contributed by atoms with Crippen LogP contribution in [0.5, 0.6) is 5.75 Å². The summed E-state index contributed by atoms with van der Waals surface area (Å²) >= 11 is 0. The van der Waals surface area contributed by atoms with E-state index in [4.69, 9.17) is 15.2 Å². The third-order valence-corrected chi connectivity index (χ3v) is 3.04. The molecule has 1 atom stereocenters. The largest absolute Gasteiger partial charge is 0.514 e. The highest BCUT2D eigenvalue weighted by Gasteiger charge is 2.18. The fourth-order valence-electron chi connectivity index (χ4n) is 2.01. The number of carbonyl (C=O) groups excluding carboxylic acids is 1. The van der Waals surface area contributed by atoms with Crippen LogP contribution in [0.1, 0.15) is 38.1 Å². The van der Waals surface area contributed by atoms with Crippen molar-refractivity contribution in [2.24, 2.45) is 5.73 Å². The number of hydrogen-bond donors (Lipinski definition) is 1. The number of pyridine rings is 1. The number of carbonyl (C=O) groups is 1. The summed E-state index contributed by atoms with van der Waals surface area (Å²) in [6.45, 7) is 5.36. The van der Waals surface area contributed by atoms with Crippen molar-refractivity contribution in [3.05, 3.63) is 59.9 Å². The normalized spacial score (nSPS) is 12.5. The maximum absolute atomic E-state index is 11.6. The summed E-state index contributed by atoms with van der Waals surface area (Å²) in [5.74, 6) is 0.439. The molecule has 2 rings (SSSR count). The molecule has 0 amide bonds. The van der Waals surface area contributed by atoms with Gasteiger partial charge >= 0.3 is 6.16 Å². The Morgan fingerprint density at radius 2 is 1.87 bits per heavy atom. The molecule has 0 fully saturated rings. The van der Waals surface area contributed by atoms with Gasteiger partial charge in [0.05, 0.1) is 11.7 Å². The Morgan fingerprint density at radius 1 is 1.17 bits per heavy atom. The molecular formula is C18H22N2O3. The Bertz CT molecular complexity index is 634. The van der Waals surface area contributed by atoms with Gasteiger partial charge in [-0.15, -0.1) is 0 Å². The van der Waals surface area contributed by atoms with Crippen molar-refractivity contribution in [1.82, 2.24) is 4.98 Å². The summed E-state index contributed by atoms with van der Waals surface area (Å²) < 4.78 is 10.2. The number of benzene rings is 1. The van der Waals surface area contributed by atoms with Crippen LogP contribution in [0, 0.1) is 0 Å². The fourth-order valence-corrected chi connectivity index (χ4v) is 2.01. The zero-order valence-corrected chi connectivity index (χ0v) is 13.7. The molecule has 5 nitrogen and oxygen atoms in total. The van der Waals surface area contributed by atoms with Gasteiger partial charge in [-0.3, -0.25) is 4.98 Å².